The third-order valence-electron chi connectivity index (χ3n) is 2.06. The first-order valence-corrected chi connectivity index (χ1v) is 5.81. The fourth-order valence-electron chi connectivity index (χ4n) is 1.38. The van der Waals surface area contributed by atoms with Gasteiger partial charge in [-0.3, -0.25) is 0 Å². The molecule has 4 nitrogen and oxygen atoms in total. The number of aromatic nitrogens is 2. The minimum Gasteiger partial charge on any atom is -0.462 e. The molecule has 0 aliphatic rings. The van der Waals surface area contributed by atoms with Gasteiger partial charge in [-0.1, -0.05) is 0 Å². The first-order chi connectivity index (χ1) is 7.63. The van der Waals surface area contributed by atoms with E-state index >= 15 is 0 Å². The van der Waals surface area contributed by atoms with Crippen LogP contribution in [0.5, 0.6) is 0 Å². The molecule has 0 amide bonds. The molecule has 1 heterocycles. The summed E-state index contributed by atoms with van der Waals surface area (Å²) in [6, 6.07) is 3.41. The van der Waals surface area contributed by atoms with E-state index in [1.54, 1.807) is 19.1 Å². The molecule has 0 bridgehead atoms. The topological polar surface area (TPSA) is 55.0 Å². The van der Waals surface area contributed by atoms with Crippen LogP contribution in [0.1, 0.15) is 17.3 Å². The monoisotopic (exact) mass is 302 g/mol. The van der Waals surface area contributed by atoms with Crippen LogP contribution in [-0.4, -0.2) is 22.5 Å². The van der Waals surface area contributed by atoms with Crippen LogP contribution in [0.3, 0.4) is 0 Å². The Morgan fingerprint density at radius 1 is 1.62 bits per heavy atom. The number of benzene rings is 1. The van der Waals surface area contributed by atoms with E-state index in [1.165, 1.54) is 0 Å². The van der Waals surface area contributed by atoms with Crippen molar-refractivity contribution in [1.82, 2.24) is 9.97 Å². The molecule has 0 saturated heterocycles. The fourth-order valence-corrected chi connectivity index (χ4v) is 2.16. The predicted molar refractivity (Wildman–Crippen MR) is 64.8 cm³/mol. The van der Waals surface area contributed by atoms with Crippen LogP contribution in [0, 0.1) is 0 Å². The number of aromatic amines is 1. The van der Waals surface area contributed by atoms with Crippen molar-refractivity contribution < 1.29 is 9.53 Å². The van der Waals surface area contributed by atoms with Gasteiger partial charge in [0.1, 0.15) is 5.52 Å². The van der Waals surface area contributed by atoms with Crippen molar-refractivity contribution in [2.75, 3.05) is 6.61 Å². The fraction of sp³-hybridized carbons (Fsp3) is 0.200. The Bertz CT molecular complexity index is 553. The molecular formula is C10H8BrClN2O2. The molecular weight excluding hydrogens is 295 g/mol. The van der Waals surface area contributed by atoms with Gasteiger partial charge in [-0.05, 0) is 46.6 Å². The molecule has 84 valence electrons. The highest BCUT2D eigenvalue weighted by Gasteiger charge is 2.15. The molecule has 0 fully saturated rings. The number of H-pyrrole nitrogens is 1. The Hall–Kier alpha value is -1.07. The van der Waals surface area contributed by atoms with Crippen molar-refractivity contribution >= 4 is 44.5 Å². The number of nitrogens with one attached hydrogen (secondary N) is 1. The molecule has 1 N–H and O–H groups in total. The van der Waals surface area contributed by atoms with E-state index in [0.29, 0.717) is 22.2 Å². The van der Waals surface area contributed by atoms with Crippen LogP contribution < -0.4 is 0 Å². The van der Waals surface area contributed by atoms with Crippen molar-refractivity contribution in [3.05, 3.63) is 27.5 Å². The Morgan fingerprint density at radius 2 is 2.38 bits per heavy atom. The lowest BCUT2D eigenvalue weighted by Crippen LogP contribution is -2.05. The highest BCUT2D eigenvalue weighted by molar-refractivity contribution is 9.10. The van der Waals surface area contributed by atoms with Gasteiger partial charge in [0.15, 0.2) is 0 Å². The van der Waals surface area contributed by atoms with Gasteiger partial charge >= 0.3 is 5.97 Å². The second-order valence-corrected chi connectivity index (χ2v) is 4.22. The van der Waals surface area contributed by atoms with E-state index in [-0.39, 0.29) is 11.3 Å². The number of ether oxygens (including phenoxy) is 1. The Labute approximate surface area is 105 Å². The standard InChI is InChI=1S/C10H8BrClN2O2/c1-2-16-9(15)5-3-4-6-8(7(5)11)14-10(12)13-6/h3-4H,2H2,1H3,(H,13,14). The zero-order valence-corrected chi connectivity index (χ0v) is 10.7. The number of hydrogen-bond acceptors (Lipinski definition) is 3. The number of carbonyl (C=O) groups excluding carboxylic acids is 1. The Kier molecular flexibility index (Phi) is 3.16. The minimum atomic E-state index is -0.379. The summed E-state index contributed by atoms with van der Waals surface area (Å²) in [5.74, 6) is -0.379. The van der Waals surface area contributed by atoms with Crippen molar-refractivity contribution in [3.63, 3.8) is 0 Å². The summed E-state index contributed by atoms with van der Waals surface area (Å²) in [6.45, 7) is 2.10. The van der Waals surface area contributed by atoms with E-state index in [4.69, 9.17) is 16.3 Å². The Morgan fingerprint density at radius 3 is 3.06 bits per heavy atom. The molecule has 0 unspecified atom stereocenters. The number of halogens is 2. The lowest BCUT2D eigenvalue weighted by atomic mass is 10.2. The molecule has 0 atom stereocenters. The van der Waals surface area contributed by atoms with Gasteiger partial charge in [-0.15, -0.1) is 0 Å². The number of esters is 1. The summed E-state index contributed by atoms with van der Waals surface area (Å²) in [4.78, 5) is 18.5. The second kappa shape index (κ2) is 4.43. The SMILES string of the molecule is CCOC(=O)c1ccc2[nH]c(Cl)nc2c1Br. The highest BCUT2D eigenvalue weighted by atomic mass is 79.9. The summed E-state index contributed by atoms with van der Waals surface area (Å²) in [5, 5.41) is 0.289. The van der Waals surface area contributed by atoms with E-state index in [2.05, 4.69) is 25.9 Å². The lowest BCUT2D eigenvalue weighted by molar-refractivity contribution is 0.0525. The van der Waals surface area contributed by atoms with Gasteiger partial charge in [-0.2, -0.15) is 0 Å². The zero-order chi connectivity index (χ0) is 11.7. The van der Waals surface area contributed by atoms with Crippen molar-refractivity contribution in [2.24, 2.45) is 0 Å². The molecule has 16 heavy (non-hydrogen) atoms. The van der Waals surface area contributed by atoms with Gasteiger partial charge in [0.25, 0.3) is 0 Å². The number of nitrogens with zero attached hydrogens (tertiary/aromatic N) is 1. The van der Waals surface area contributed by atoms with Crippen LogP contribution in [0.15, 0.2) is 16.6 Å². The van der Waals surface area contributed by atoms with E-state index in [9.17, 15) is 4.79 Å². The summed E-state index contributed by atoms with van der Waals surface area (Å²) < 4.78 is 5.51. The molecule has 2 aromatic rings. The summed E-state index contributed by atoms with van der Waals surface area (Å²) in [5.41, 5.74) is 1.83. The van der Waals surface area contributed by atoms with Gasteiger partial charge in [-0.25, -0.2) is 9.78 Å². The molecule has 0 spiro atoms. The zero-order valence-electron chi connectivity index (χ0n) is 8.38. The molecule has 2 rings (SSSR count). The van der Waals surface area contributed by atoms with Crippen molar-refractivity contribution in [3.8, 4) is 0 Å². The quantitative estimate of drug-likeness (QED) is 0.867. The third kappa shape index (κ3) is 1.92. The number of hydrogen-bond donors (Lipinski definition) is 1. The molecule has 0 aliphatic heterocycles. The number of imidazole rings is 1. The maximum atomic E-state index is 11.6. The third-order valence-corrected chi connectivity index (χ3v) is 3.04. The number of carbonyl (C=O) groups is 1. The molecule has 0 saturated carbocycles. The maximum Gasteiger partial charge on any atom is 0.339 e. The van der Waals surface area contributed by atoms with Gasteiger partial charge in [0, 0.05) is 0 Å². The Balaban J connectivity index is 2.55. The van der Waals surface area contributed by atoms with Crippen LogP contribution in [0.25, 0.3) is 11.0 Å². The first kappa shape index (κ1) is 11.4. The van der Waals surface area contributed by atoms with E-state index in [1.807, 2.05) is 0 Å². The maximum absolute atomic E-state index is 11.6. The smallest absolute Gasteiger partial charge is 0.339 e. The summed E-state index contributed by atoms with van der Waals surface area (Å²) >= 11 is 9.07. The number of rotatable bonds is 2. The minimum absolute atomic E-state index is 0.289. The molecule has 1 aromatic carbocycles. The van der Waals surface area contributed by atoms with E-state index < -0.39 is 0 Å². The molecule has 1 aromatic heterocycles. The second-order valence-electron chi connectivity index (χ2n) is 3.07. The average Bonchev–Trinajstić information content (AvgIpc) is 2.60. The van der Waals surface area contributed by atoms with Crippen LogP contribution in [0.4, 0.5) is 0 Å². The summed E-state index contributed by atoms with van der Waals surface area (Å²) in [6.07, 6.45) is 0. The van der Waals surface area contributed by atoms with E-state index in [0.717, 1.165) is 5.52 Å². The molecule has 0 radical (unpaired) electrons. The van der Waals surface area contributed by atoms with Crippen LogP contribution >= 0.6 is 27.5 Å². The van der Waals surface area contributed by atoms with Crippen molar-refractivity contribution in [1.29, 1.82) is 0 Å². The molecule has 6 heteroatoms. The summed E-state index contributed by atoms with van der Waals surface area (Å²) in [7, 11) is 0. The first-order valence-electron chi connectivity index (χ1n) is 4.64. The van der Waals surface area contributed by atoms with Crippen LogP contribution in [0.2, 0.25) is 5.28 Å². The van der Waals surface area contributed by atoms with Gasteiger partial charge in [0.2, 0.25) is 5.28 Å². The highest BCUT2D eigenvalue weighted by Crippen LogP contribution is 2.27. The predicted octanol–water partition coefficient (Wildman–Crippen LogP) is 3.16. The largest absolute Gasteiger partial charge is 0.462 e. The van der Waals surface area contributed by atoms with Gasteiger partial charge < -0.3 is 9.72 Å². The van der Waals surface area contributed by atoms with Gasteiger partial charge in [0.05, 0.1) is 22.2 Å². The normalized spacial score (nSPS) is 10.7. The average molecular weight is 304 g/mol. The lowest BCUT2D eigenvalue weighted by Gasteiger charge is -2.03. The van der Waals surface area contributed by atoms with Crippen molar-refractivity contribution in [2.45, 2.75) is 6.92 Å². The van der Waals surface area contributed by atoms with Crippen LogP contribution in [-0.2, 0) is 4.74 Å². The number of fused-ring (bicyclic) bond motifs is 1. The molecule has 0 aliphatic carbocycles.